The molecule has 1 unspecified atom stereocenters. The van der Waals surface area contributed by atoms with Gasteiger partial charge in [0.05, 0.1) is 0 Å². The summed E-state index contributed by atoms with van der Waals surface area (Å²) in [4.78, 5) is 0. The van der Waals surface area contributed by atoms with E-state index in [1.165, 1.54) is 44.1 Å². The van der Waals surface area contributed by atoms with Crippen LogP contribution in [0.4, 0.5) is 0 Å². The first-order valence-electron chi connectivity index (χ1n) is 10.6. The van der Waals surface area contributed by atoms with Gasteiger partial charge in [-0.2, -0.15) is 0 Å². The Labute approximate surface area is 160 Å². The fourth-order valence-electron chi connectivity index (χ4n) is 4.86. The van der Waals surface area contributed by atoms with Crippen LogP contribution >= 0.6 is 0 Å². The van der Waals surface area contributed by atoms with Crippen LogP contribution in [0.2, 0.25) is 0 Å². The van der Waals surface area contributed by atoms with Crippen molar-refractivity contribution in [3.63, 3.8) is 0 Å². The predicted octanol–water partition coefficient (Wildman–Crippen LogP) is 6.80. The zero-order valence-corrected chi connectivity index (χ0v) is 17.6. The van der Waals surface area contributed by atoms with E-state index < -0.39 is 0 Å². The molecule has 1 atom stereocenters. The standard InChI is InChI=1S/C24H38O2/c1-23(2,3)14-19-11-12-21-22(13-19)26-20(17-25-21)16-24(4,5)15-18-9-7-6-8-10-18/h11-13,18,20H,6-10,14-17H2,1-5H3. The van der Waals surface area contributed by atoms with Crippen LogP contribution in [0.5, 0.6) is 11.5 Å². The molecule has 2 nitrogen and oxygen atoms in total. The van der Waals surface area contributed by atoms with Gasteiger partial charge in [0.1, 0.15) is 12.7 Å². The molecule has 0 amide bonds. The molecule has 1 aromatic rings. The summed E-state index contributed by atoms with van der Waals surface area (Å²) in [6.07, 6.45) is 10.8. The molecule has 2 heteroatoms. The number of benzene rings is 1. The van der Waals surface area contributed by atoms with E-state index in [2.05, 4.69) is 52.8 Å². The summed E-state index contributed by atoms with van der Waals surface area (Å²) in [5.74, 6) is 2.76. The highest BCUT2D eigenvalue weighted by Gasteiger charge is 2.31. The quantitative estimate of drug-likeness (QED) is 0.576. The van der Waals surface area contributed by atoms with Gasteiger partial charge in [-0.05, 0) is 53.7 Å². The van der Waals surface area contributed by atoms with Crippen LogP contribution in [0.25, 0.3) is 0 Å². The van der Waals surface area contributed by atoms with Crippen molar-refractivity contribution >= 4 is 0 Å². The van der Waals surface area contributed by atoms with Gasteiger partial charge in [0.2, 0.25) is 0 Å². The monoisotopic (exact) mass is 358 g/mol. The summed E-state index contributed by atoms with van der Waals surface area (Å²) in [7, 11) is 0. The summed E-state index contributed by atoms with van der Waals surface area (Å²) in [5.41, 5.74) is 1.93. The van der Waals surface area contributed by atoms with E-state index in [0.29, 0.717) is 12.0 Å². The molecular weight excluding hydrogens is 320 g/mol. The van der Waals surface area contributed by atoms with Crippen molar-refractivity contribution in [1.29, 1.82) is 0 Å². The second-order valence-corrected chi connectivity index (χ2v) is 10.6. The van der Waals surface area contributed by atoms with Gasteiger partial charge in [0.15, 0.2) is 11.5 Å². The second kappa shape index (κ2) is 7.82. The maximum Gasteiger partial charge on any atom is 0.162 e. The summed E-state index contributed by atoms with van der Waals surface area (Å²) in [6, 6.07) is 6.46. The lowest BCUT2D eigenvalue weighted by Gasteiger charge is -2.36. The molecule has 146 valence electrons. The van der Waals surface area contributed by atoms with E-state index in [0.717, 1.165) is 30.3 Å². The Bertz CT molecular complexity index is 591. The Morgan fingerprint density at radius 3 is 2.35 bits per heavy atom. The Kier molecular flexibility index (Phi) is 5.89. The molecular formula is C24H38O2. The molecule has 1 aliphatic carbocycles. The van der Waals surface area contributed by atoms with E-state index in [9.17, 15) is 0 Å². The van der Waals surface area contributed by atoms with Crippen molar-refractivity contribution in [2.45, 2.75) is 92.1 Å². The van der Waals surface area contributed by atoms with Gasteiger partial charge in [0.25, 0.3) is 0 Å². The number of ether oxygens (including phenoxy) is 2. The van der Waals surface area contributed by atoms with E-state index >= 15 is 0 Å². The van der Waals surface area contributed by atoms with E-state index in [1.54, 1.807) is 0 Å². The van der Waals surface area contributed by atoms with Crippen LogP contribution in [-0.2, 0) is 6.42 Å². The SMILES string of the molecule is CC(C)(C)Cc1ccc2c(c1)OC(CC(C)(C)CC1CCCCC1)CO2. The minimum Gasteiger partial charge on any atom is -0.486 e. The molecule has 0 radical (unpaired) electrons. The van der Waals surface area contributed by atoms with Crippen molar-refractivity contribution in [2.24, 2.45) is 16.7 Å². The van der Waals surface area contributed by atoms with Crippen LogP contribution in [0.1, 0.15) is 85.1 Å². The second-order valence-electron chi connectivity index (χ2n) is 10.6. The third-order valence-corrected chi connectivity index (χ3v) is 5.81. The average molecular weight is 359 g/mol. The third kappa shape index (κ3) is 5.66. The van der Waals surface area contributed by atoms with Crippen LogP contribution in [0.15, 0.2) is 18.2 Å². The third-order valence-electron chi connectivity index (χ3n) is 5.81. The fourth-order valence-corrected chi connectivity index (χ4v) is 4.86. The zero-order valence-electron chi connectivity index (χ0n) is 17.6. The molecule has 2 aliphatic rings. The molecule has 0 N–H and O–H groups in total. The Hall–Kier alpha value is -1.18. The predicted molar refractivity (Wildman–Crippen MR) is 109 cm³/mol. The highest BCUT2D eigenvalue weighted by molar-refractivity contribution is 5.44. The van der Waals surface area contributed by atoms with Crippen LogP contribution in [-0.4, -0.2) is 12.7 Å². The lowest BCUT2D eigenvalue weighted by atomic mass is 9.74. The maximum absolute atomic E-state index is 6.39. The molecule has 0 bridgehead atoms. The number of hydrogen-bond donors (Lipinski definition) is 0. The summed E-state index contributed by atoms with van der Waals surface area (Å²) in [6.45, 7) is 12.3. The minimum atomic E-state index is 0.172. The molecule has 1 heterocycles. The smallest absolute Gasteiger partial charge is 0.162 e. The number of hydrogen-bond acceptors (Lipinski definition) is 2. The molecule has 0 spiro atoms. The topological polar surface area (TPSA) is 18.5 Å². The van der Waals surface area contributed by atoms with Crippen LogP contribution in [0, 0.1) is 16.7 Å². The highest BCUT2D eigenvalue weighted by Crippen LogP contribution is 2.40. The minimum absolute atomic E-state index is 0.172. The fraction of sp³-hybridized carbons (Fsp3) is 0.750. The van der Waals surface area contributed by atoms with Gasteiger partial charge in [-0.25, -0.2) is 0 Å². The lowest BCUT2D eigenvalue weighted by molar-refractivity contribution is 0.0473. The summed E-state index contributed by atoms with van der Waals surface area (Å²) >= 11 is 0. The molecule has 0 saturated heterocycles. The first-order chi connectivity index (χ1) is 12.2. The van der Waals surface area contributed by atoms with Gasteiger partial charge >= 0.3 is 0 Å². The highest BCUT2D eigenvalue weighted by atomic mass is 16.6. The molecule has 26 heavy (non-hydrogen) atoms. The molecule has 1 aromatic carbocycles. The Balaban J connectivity index is 1.60. The zero-order chi connectivity index (χ0) is 18.8. The Morgan fingerprint density at radius 1 is 0.923 bits per heavy atom. The molecule has 3 rings (SSSR count). The van der Waals surface area contributed by atoms with E-state index in [-0.39, 0.29) is 11.5 Å². The maximum atomic E-state index is 6.39. The summed E-state index contributed by atoms with van der Waals surface area (Å²) < 4.78 is 12.4. The van der Waals surface area contributed by atoms with E-state index in [4.69, 9.17) is 9.47 Å². The van der Waals surface area contributed by atoms with Crippen LogP contribution in [0.3, 0.4) is 0 Å². The normalized spacial score (nSPS) is 21.7. The van der Waals surface area contributed by atoms with Gasteiger partial charge in [0, 0.05) is 0 Å². The average Bonchev–Trinajstić information content (AvgIpc) is 2.53. The first-order valence-corrected chi connectivity index (χ1v) is 10.6. The van der Waals surface area contributed by atoms with Gasteiger partial charge in [-0.15, -0.1) is 0 Å². The van der Waals surface area contributed by atoms with E-state index in [1.807, 2.05) is 0 Å². The van der Waals surface area contributed by atoms with Crippen molar-refractivity contribution in [3.8, 4) is 11.5 Å². The van der Waals surface area contributed by atoms with Gasteiger partial charge < -0.3 is 9.47 Å². The summed E-state index contributed by atoms with van der Waals surface area (Å²) in [5, 5.41) is 0. The van der Waals surface area contributed by atoms with Crippen molar-refractivity contribution in [3.05, 3.63) is 23.8 Å². The van der Waals surface area contributed by atoms with Crippen molar-refractivity contribution in [2.75, 3.05) is 6.61 Å². The number of fused-ring (bicyclic) bond motifs is 1. The van der Waals surface area contributed by atoms with Crippen molar-refractivity contribution < 1.29 is 9.47 Å². The van der Waals surface area contributed by atoms with Gasteiger partial charge in [-0.1, -0.05) is 72.8 Å². The Morgan fingerprint density at radius 2 is 1.65 bits per heavy atom. The first kappa shape index (κ1) is 19.6. The largest absolute Gasteiger partial charge is 0.486 e. The van der Waals surface area contributed by atoms with Crippen LogP contribution < -0.4 is 9.47 Å². The van der Waals surface area contributed by atoms with Crippen molar-refractivity contribution in [1.82, 2.24) is 0 Å². The molecule has 1 fully saturated rings. The van der Waals surface area contributed by atoms with Gasteiger partial charge in [-0.3, -0.25) is 0 Å². The molecule has 1 aliphatic heterocycles. The molecule has 1 saturated carbocycles. The lowest BCUT2D eigenvalue weighted by Crippen LogP contribution is -2.34. The number of rotatable bonds is 5. The molecule has 0 aromatic heterocycles.